The van der Waals surface area contributed by atoms with Crippen molar-refractivity contribution in [1.82, 2.24) is 0 Å². The lowest BCUT2D eigenvalue weighted by Crippen LogP contribution is -2.23. The normalized spacial score (nSPS) is 21.3. The second kappa shape index (κ2) is 5.13. The minimum atomic E-state index is -0.910. The van der Waals surface area contributed by atoms with E-state index in [9.17, 15) is 13.6 Å². The van der Waals surface area contributed by atoms with Gasteiger partial charge < -0.3 is 14.8 Å². The van der Waals surface area contributed by atoms with Crippen molar-refractivity contribution in [2.75, 3.05) is 11.9 Å². The molecule has 19 heavy (non-hydrogen) atoms. The third-order valence-corrected chi connectivity index (χ3v) is 2.63. The van der Waals surface area contributed by atoms with Crippen LogP contribution in [0.25, 0.3) is 0 Å². The molecule has 0 aliphatic carbocycles. The summed E-state index contributed by atoms with van der Waals surface area (Å²) in [7, 11) is 0. The van der Waals surface area contributed by atoms with Crippen LogP contribution in [0.4, 0.5) is 14.5 Å². The first-order valence-corrected chi connectivity index (χ1v) is 5.96. The number of carbonyl (C=O) groups excluding carboxylic acids is 1. The van der Waals surface area contributed by atoms with Gasteiger partial charge >= 0.3 is 5.97 Å². The first-order chi connectivity index (χ1) is 8.85. The molecule has 0 bridgehead atoms. The molecule has 0 amide bonds. The lowest BCUT2D eigenvalue weighted by atomic mass is 10.2. The van der Waals surface area contributed by atoms with Crippen molar-refractivity contribution in [3.05, 3.63) is 29.8 Å². The molecule has 104 valence electrons. The number of esters is 1. The molecular formula is C13H15F2NO3. The molecule has 1 unspecified atom stereocenters. The van der Waals surface area contributed by atoms with Gasteiger partial charge in [-0.3, -0.25) is 0 Å². The number of benzene rings is 1. The van der Waals surface area contributed by atoms with Gasteiger partial charge in [-0.25, -0.2) is 13.6 Å². The molecule has 6 heteroatoms. The number of cyclic esters (lactones) is 1. The molecule has 1 fully saturated rings. The van der Waals surface area contributed by atoms with E-state index in [1.165, 1.54) is 12.1 Å². The highest BCUT2D eigenvalue weighted by molar-refractivity contribution is 5.76. The first kappa shape index (κ1) is 13.7. The Morgan fingerprint density at radius 1 is 1.26 bits per heavy atom. The highest BCUT2D eigenvalue weighted by atomic mass is 19.1. The summed E-state index contributed by atoms with van der Waals surface area (Å²) in [5, 5.41) is 2.83. The van der Waals surface area contributed by atoms with Gasteiger partial charge in [-0.1, -0.05) is 0 Å². The summed E-state index contributed by atoms with van der Waals surface area (Å²) < 4.78 is 36.3. The van der Waals surface area contributed by atoms with Gasteiger partial charge in [-0.05, 0) is 12.1 Å². The average Bonchev–Trinajstić information content (AvgIpc) is 2.50. The number of halogens is 2. The number of nitrogens with one attached hydrogen (secondary N) is 1. The third kappa shape index (κ3) is 3.64. The Morgan fingerprint density at radius 3 is 2.42 bits per heavy atom. The van der Waals surface area contributed by atoms with E-state index in [1.54, 1.807) is 13.8 Å². The second-order valence-corrected chi connectivity index (χ2v) is 4.80. The highest BCUT2D eigenvalue weighted by Gasteiger charge is 2.40. The fraction of sp³-hybridized carbons (Fsp3) is 0.462. The molecule has 1 aliphatic rings. The zero-order chi connectivity index (χ0) is 14.0. The van der Waals surface area contributed by atoms with Crippen molar-refractivity contribution >= 4 is 11.7 Å². The van der Waals surface area contributed by atoms with E-state index in [2.05, 4.69) is 5.32 Å². The Morgan fingerprint density at radius 2 is 1.89 bits per heavy atom. The predicted octanol–water partition coefficient (Wildman–Crippen LogP) is 2.44. The molecule has 0 saturated carbocycles. The van der Waals surface area contributed by atoms with E-state index in [0.717, 1.165) is 6.07 Å². The maximum atomic E-state index is 12.9. The maximum absolute atomic E-state index is 12.9. The molecular weight excluding hydrogens is 256 g/mol. The molecule has 2 rings (SSSR count). The van der Waals surface area contributed by atoms with E-state index < -0.39 is 29.5 Å². The van der Waals surface area contributed by atoms with Crippen LogP contribution in [0.15, 0.2) is 18.2 Å². The average molecular weight is 271 g/mol. The summed E-state index contributed by atoms with van der Waals surface area (Å²) in [6.45, 7) is 3.65. The van der Waals surface area contributed by atoms with Crippen molar-refractivity contribution in [3.8, 4) is 0 Å². The summed E-state index contributed by atoms with van der Waals surface area (Å²) in [4.78, 5) is 11.4. The zero-order valence-electron chi connectivity index (χ0n) is 10.7. The monoisotopic (exact) mass is 271 g/mol. The Kier molecular flexibility index (Phi) is 3.71. The van der Waals surface area contributed by atoms with Gasteiger partial charge in [-0.15, -0.1) is 0 Å². The number of carbonyl (C=O) groups is 1. The van der Waals surface area contributed by atoms with Gasteiger partial charge in [0, 0.05) is 38.6 Å². The standard InChI is InChI=1S/C13H15F2NO3/c1-13(2)18-11(12(17)19-13)3-4-16-10-6-8(14)5-9(15)7-10/h5-7,11,16H,3-4H2,1-2H3. The molecule has 1 N–H and O–H groups in total. The Bertz CT molecular complexity index is 471. The smallest absolute Gasteiger partial charge is 0.337 e. The van der Waals surface area contributed by atoms with Crippen LogP contribution in [-0.4, -0.2) is 24.4 Å². The fourth-order valence-electron chi connectivity index (χ4n) is 1.90. The van der Waals surface area contributed by atoms with E-state index in [0.29, 0.717) is 18.7 Å². The van der Waals surface area contributed by atoms with Crippen molar-refractivity contribution in [2.45, 2.75) is 32.2 Å². The van der Waals surface area contributed by atoms with E-state index in [1.807, 2.05) is 0 Å². The van der Waals surface area contributed by atoms with E-state index >= 15 is 0 Å². The lowest BCUT2D eigenvalue weighted by Gasteiger charge is -2.15. The van der Waals surface area contributed by atoms with Gasteiger partial charge in [0.1, 0.15) is 11.6 Å². The molecule has 1 atom stereocenters. The van der Waals surface area contributed by atoms with Crippen LogP contribution >= 0.6 is 0 Å². The van der Waals surface area contributed by atoms with Gasteiger partial charge in [0.25, 0.3) is 0 Å². The van der Waals surface area contributed by atoms with Crippen LogP contribution in [0.1, 0.15) is 20.3 Å². The van der Waals surface area contributed by atoms with Crippen molar-refractivity contribution in [3.63, 3.8) is 0 Å². The zero-order valence-corrected chi connectivity index (χ0v) is 10.7. The molecule has 0 aromatic heterocycles. The lowest BCUT2D eigenvalue weighted by molar-refractivity contribution is -0.160. The van der Waals surface area contributed by atoms with Crippen LogP contribution in [0.5, 0.6) is 0 Å². The fourth-order valence-corrected chi connectivity index (χ4v) is 1.90. The molecule has 1 aromatic carbocycles. The first-order valence-electron chi connectivity index (χ1n) is 5.96. The maximum Gasteiger partial charge on any atom is 0.337 e. The molecule has 4 nitrogen and oxygen atoms in total. The molecule has 1 saturated heterocycles. The second-order valence-electron chi connectivity index (χ2n) is 4.80. The molecule has 1 aliphatic heterocycles. The molecule has 0 radical (unpaired) electrons. The Balaban J connectivity index is 1.85. The Labute approximate surface area is 109 Å². The van der Waals surface area contributed by atoms with Gasteiger partial charge in [0.15, 0.2) is 6.10 Å². The van der Waals surface area contributed by atoms with E-state index in [4.69, 9.17) is 9.47 Å². The largest absolute Gasteiger partial charge is 0.432 e. The number of hydrogen-bond donors (Lipinski definition) is 1. The summed E-state index contributed by atoms with van der Waals surface area (Å²) in [5.74, 6) is -2.63. The van der Waals surface area contributed by atoms with Gasteiger partial charge in [0.2, 0.25) is 5.79 Å². The van der Waals surface area contributed by atoms with Crippen LogP contribution in [0.2, 0.25) is 0 Å². The number of anilines is 1. The van der Waals surface area contributed by atoms with Crippen LogP contribution < -0.4 is 5.32 Å². The molecule has 0 spiro atoms. The predicted molar refractivity (Wildman–Crippen MR) is 64.5 cm³/mol. The quantitative estimate of drug-likeness (QED) is 0.854. The number of hydrogen-bond acceptors (Lipinski definition) is 4. The number of ether oxygens (including phenoxy) is 2. The van der Waals surface area contributed by atoms with E-state index in [-0.39, 0.29) is 0 Å². The Hall–Kier alpha value is -1.69. The number of rotatable bonds is 4. The molecule has 1 aromatic rings. The van der Waals surface area contributed by atoms with Crippen molar-refractivity contribution in [1.29, 1.82) is 0 Å². The summed E-state index contributed by atoms with van der Waals surface area (Å²) in [5.41, 5.74) is 0.322. The highest BCUT2D eigenvalue weighted by Crippen LogP contribution is 2.25. The summed E-state index contributed by atoms with van der Waals surface area (Å²) in [6, 6.07) is 3.16. The van der Waals surface area contributed by atoms with Crippen molar-refractivity contribution in [2.24, 2.45) is 0 Å². The van der Waals surface area contributed by atoms with Gasteiger partial charge in [0.05, 0.1) is 0 Å². The minimum Gasteiger partial charge on any atom is -0.432 e. The van der Waals surface area contributed by atoms with Crippen LogP contribution in [-0.2, 0) is 14.3 Å². The van der Waals surface area contributed by atoms with Gasteiger partial charge in [-0.2, -0.15) is 0 Å². The SMILES string of the molecule is CC1(C)OC(=O)C(CCNc2cc(F)cc(F)c2)O1. The van der Waals surface area contributed by atoms with Crippen LogP contribution in [0.3, 0.4) is 0 Å². The summed E-state index contributed by atoms with van der Waals surface area (Å²) in [6.07, 6.45) is -0.290. The van der Waals surface area contributed by atoms with Crippen LogP contribution in [0, 0.1) is 11.6 Å². The van der Waals surface area contributed by atoms with Crippen molar-refractivity contribution < 1.29 is 23.0 Å². The molecule has 1 heterocycles. The topological polar surface area (TPSA) is 47.6 Å². The third-order valence-electron chi connectivity index (χ3n) is 2.63. The minimum absolute atomic E-state index is 0.322. The summed E-state index contributed by atoms with van der Waals surface area (Å²) >= 11 is 0.